The fraction of sp³-hybridized carbons (Fsp3) is 0. The molecule has 0 aliphatic heterocycles. The molecule has 3 aromatic rings. The van der Waals surface area contributed by atoms with Crippen molar-refractivity contribution < 1.29 is 4.39 Å². The molecule has 0 saturated heterocycles. The molecule has 1 aromatic heterocycles. The SMILES string of the molecule is Fc1ccccc1-c1csc(-c2cccc(Br)c2)n1. The first-order valence-electron chi connectivity index (χ1n) is 5.70. The summed E-state index contributed by atoms with van der Waals surface area (Å²) in [4.78, 5) is 4.51. The van der Waals surface area contributed by atoms with Gasteiger partial charge >= 0.3 is 0 Å². The predicted molar refractivity (Wildman–Crippen MR) is 80.6 cm³/mol. The molecule has 0 saturated carbocycles. The van der Waals surface area contributed by atoms with Gasteiger partial charge in [0.25, 0.3) is 0 Å². The van der Waals surface area contributed by atoms with E-state index in [9.17, 15) is 4.39 Å². The Balaban J connectivity index is 2.03. The van der Waals surface area contributed by atoms with Crippen LogP contribution in [0.2, 0.25) is 0 Å². The number of aromatic nitrogens is 1. The van der Waals surface area contributed by atoms with E-state index in [-0.39, 0.29) is 5.82 Å². The van der Waals surface area contributed by atoms with Gasteiger partial charge < -0.3 is 0 Å². The van der Waals surface area contributed by atoms with E-state index >= 15 is 0 Å². The Kier molecular flexibility index (Phi) is 3.44. The fourth-order valence-electron chi connectivity index (χ4n) is 1.82. The number of benzene rings is 2. The molecule has 0 bridgehead atoms. The Morgan fingerprint density at radius 2 is 1.89 bits per heavy atom. The number of hydrogen-bond donors (Lipinski definition) is 0. The Bertz CT molecular complexity index is 723. The van der Waals surface area contributed by atoms with Gasteiger partial charge in [-0.15, -0.1) is 11.3 Å². The zero-order valence-electron chi connectivity index (χ0n) is 9.81. The van der Waals surface area contributed by atoms with Crippen LogP contribution in [0.15, 0.2) is 58.4 Å². The first kappa shape index (κ1) is 12.5. The lowest BCUT2D eigenvalue weighted by molar-refractivity contribution is 0.631. The summed E-state index contributed by atoms with van der Waals surface area (Å²) in [5.41, 5.74) is 2.25. The molecular formula is C15H9BrFNS. The Morgan fingerprint density at radius 1 is 1.05 bits per heavy atom. The summed E-state index contributed by atoms with van der Waals surface area (Å²) in [7, 11) is 0. The smallest absolute Gasteiger partial charge is 0.132 e. The highest BCUT2D eigenvalue weighted by molar-refractivity contribution is 9.10. The van der Waals surface area contributed by atoms with Gasteiger partial charge in [-0.2, -0.15) is 0 Å². The summed E-state index contributed by atoms with van der Waals surface area (Å²) >= 11 is 4.96. The van der Waals surface area contributed by atoms with Crippen LogP contribution in [0.3, 0.4) is 0 Å². The Labute approximate surface area is 122 Å². The molecule has 0 atom stereocenters. The zero-order valence-corrected chi connectivity index (χ0v) is 12.2. The second kappa shape index (κ2) is 5.23. The van der Waals surface area contributed by atoms with Gasteiger partial charge in [0.2, 0.25) is 0 Å². The third-order valence-corrected chi connectivity index (χ3v) is 4.11. The largest absolute Gasteiger partial charge is 0.236 e. The molecule has 2 aromatic carbocycles. The summed E-state index contributed by atoms with van der Waals surface area (Å²) in [6.07, 6.45) is 0. The highest BCUT2D eigenvalue weighted by atomic mass is 79.9. The predicted octanol–water partition coefficient (Wildman–Crippen LogP) is 5.38. The molecule has 3 rings (SSSR count). The van der Waals surface area contributed by atoms with Crippen LogP contribution in [0.5, 0.6) is 0 Å². The molecule has 0 N–H and O–H groups in total. The van der Waals surface area contributed by atoms with Gasteiger partial charge in [0, 0.05) is 21.0 Å². The number of nitrogens with zero attached hydrogens (tertiary/aromatic N) is 1. The van der Waals surface area contributed by atoms with Gasteiger partial charge in [-0.25, -0.2) is 9.37 Å². The molecule has 0 spiro atoms. The van der Waals surface area contributed by atoms with Crippen molar-refractivity contribution in [2.75, 3.05) is 0 Å². The van der Waals surface area contributed by atoms with Crippen LogP contribution >= 0.6 is 27.3 Å². The van der Waals surface area contributed by atoms with Crippen LogP contribution in [0, 0.1) is 5.82 Å². The fourth-order valence-corrected chi connectivity index (χ4v) is 3.04. The molecule has 94 valence electrons. The quantitative estimate of drug-likeness (QED) is 0.613. The van der Waals surface area contributed by atoms with Crippen molar-refractivity contribution >= 4 is 27.3 Å². The van der Waals surface area contributed by atoms with Gasteiger partial charge in [0.1, 0.15) is 10.8 Å². The second-order valence-corrected chi connectivity index (χ2v) is 5.80. The topological polar surface area (TPSA) is 12.9 Å². The van der Waals surface area contributed by atoms with Crippen molar-refractivity contribution in [2.24, 2.45) is 0 Å². The summed E-state index contributed by atoms with van der Waals surface area (Å²) in [5.74, 6) is -0.242. The van der Waals surface area contributed by atoms with Crippen molar-refractivity contribution in [1.82, 2.24) is 4.98 Å². The van der Waals surface area contributed by atoms with Crippen LogP contribution in [-0.2, 0) is 0 Å². The highest BCUT2D eigenvalue weighted by Gasteiger charge is 2.09. The van der Waals surface area contributed by atoms with Crippen molar-refractivity contribution in [3.63, 3.8) is 0 Å². The van der Waals surface area contributed by atoms with Crippen LogP contribution in [0.1, 0.15) is 0 Å². The summed E-state index contributed by atoms with van der Waals surface area (Å²) in [5, 5.41) is 2.77. The van der Waals surface area contributed by atoms with Gasteiger partial charge in [-0.1, -0.05) is 40.2 Å². The van der Waals surface area contributed by atoms with Gasteiger partial charge in [0.15, 0.2) is 0 Å². The standard InChI is InChI=1S/C15H9BrFNS/c16-11-5-3-4-10(8-11)15-18-14(9-19-15)12-6-1-2-7-13(12)17/h1-9H. The molecule has 0 aliphatic carbocycles. The summed E-state index contributed by atoms with van der Waals surface area (Å²) < 4.78 is 14.7. The van der Waals surface area contributed by atoms with Crippen molar-refractivity contribution in [3.05, 3.63) is 64.2 Å². The average molecular weight is 334 g/mol. The number of thiazole rings is 1. The van der Waals surface area contributed by atoms with E-state index in [4.69, 9.17) is 0 Å². The zero-order chi connectivity index (χ0) is 13.2. The van der Waals surface area contributed by atoms with Gasteiger partial charge in [-0.3, -0.25) is 0 Å². The lowest BCUT2D eigenvalue weighted by atomic mass is 10.1. The summed E-state index contributed by atoms with van der Waals surface area (Å²) in [6.45, 7) is 0. The Hall–Kier alpha value is -1.52. The van der Waals surface area contributed by atoms with Gasteiger partial charge in [-0.05, 0) is 24.3 Å². The Morgan fingerprint density at radius 3 is 2.68 bits per heavy atom. The number of rotatable bonds is 2. The maximum Gasteiger partial charge on any atom is 0.132 e. The average Bonchev–Trinajstić information content (AvgIpc) is 2.89. The first-order valence-corrected chi connectivity index (χ1v) is 7.38. The number of hydrogen-bond acceptors (Lipinski definition) is 2. The van der Waals surface area contributed by atoms with Crippen LogP contribution in [0.25, 0.3) is 21.8 Å². The van der Waals surface area contributed by atoms with Crippen LogP contribution < -0.4 is 0 Å². The molecule has 4 heteroatoms. The number of halogens is 2. The molecule has 1 nitrogen and oxygen atoms in total. The third kappa shape index (κ3) is 2.60. The monoisotopic (exact) mass is 333 g/mol. The summed E-state index contributed by atoms with van der Waals surface area (Å²) in [6, 6.07) is 14.6. The van der Waals surface area contributed by atoms with Crippen molar-refractivity contribution in [3.8, 4) is 21.8 Å². The van der Waals surface area contributed by atoms with E-state index in [2.05, 4.69) is 20.9 Å². The van der Waals surface area contributed by atoms with Crippen LogP contribution in [-0.4, -0.2) is 4.98 Å². The van der Waals surface area contributed by atoms with E-state index in [1.54, 1.807) is 12.1 Å². The molecule has 0 unspecified atom stereocenters. The highest BCUT2D eigenvalue weighted by Crippen LogP contribution is 2.31. The van der Waals surface area contributed by atoms with Crippen LogP contribution in [0.4, 0.5) is 4.39 Å². The van der Waals surface area contributed by atoms with E-state index < -0.39 is 0 Å². The third-order valence-electron chi connectivity index (χ3n) is 2.73. The molecular weight excluding hydrogens is 325 g/mol. The maximum atomic E-state index is 13.7. The van der Waals surface area contributed by atoms with Crippen molar-refractivity contribution in [2.45, 2.75) is 0 Å². The van der Waals surface area contributed by atoms with E-state index in [0.717, 1.165) is 15.0 Å². The second-order valence-electron chi connectivity index (χ2n) is 4.03. The maximum absolute atomic E-state index is 13.7. The van der Waals surface area contributed by atoms with Gasteiger partial charge in [0.05, 0.1) is 5.69 Å². The van der Waals surface area contributed by atoms with E-state index in [1.165, 1.54) is 17.4 Å². The normalized spacial score (nSPS) is 10.6. The molecule has 0 aliphatic rings. The molecule has 1 heterocycles. The minimum absolute atomic E-state index is 0.242. The minimum atomic E-state index is -0.242. The van der Waals surface area contributed by atoms with Crippen molar-refractivity contribution in [1.29, 1.82) is 0 Å². The molecule has 19 heavy (non-hydrogen) atoms. The molecule has 0 radical (unpaired) electrons. The lowest BCUT2D eigenvalue weighted by Crippen LogP contribution is -1.84. The molecule has 0 fully saturated rings. The minimum Gasteiger partial charge on any atom is -0.236 e. The van der Waals surface area contributed by atoms with E-state index in [0.29, 0.717) is 11.3 Å². The molecule has 0 amide bonds. The van der Waals surface area contributed by atoms with E-state index in [1.807, 2.05) is 35.7 Å². The first-order chi connectivity index (χ1) is 9.24. The lowest BCUT2D eigenvalue weighted by Gasteiger charge is -1.99.